The van der Waals surface area contributed by atoms with Crippen LogP contribution in [0.4, 0.5) is 4.39 Å². The molecule has 7 heteroatoms. The summed E-state index contributed by atoms with van der Waals surface area (Å²) in [5, 5.41) is 5.06. The summed E-state index contributed by atoms with van der Waals surface area (Å²) in [6, 6.07) is 14.1. The van der Waals surface area contributed by atoms with E-state index in [-0.39, 0.29) is 23.8 Å². The van der Waals surface area contributed by atoms with Crippen LogP contribution in [-0.4, -0.2) is 37.6 Å². The Kier molecular flexibility index (Phi) is 6.77. The highest BCUT2D eigenvalue weighted by Crippen LogP contribution is 2.40. The van der Waals surface area contributed by atoms with Gasteiger partial charge in [-0.1, -0.05) is 18.2 Å². The lowest BCUT2D eigenvalue weighted by Crippen LogP contribution is -2.47. The zero-order valence-electron chi connectivity index (χ0n) is 18.4. The van der Waals surface area contributed by atoms with Crippen molar-refractivity contribution >= 4 is 17.2 Å². The van der Waals surface area contributed by atoms with E-state index in [1.54, 1.807) is 26.4 Å². The Balaban J connectivity index is 1.69. The van der Waals surface area contributed by atoms with Crippen molar-refractivity contribution in [3.63, 3.8) is 0 Å². The van der Waals surface area contributed by atoms with Crippen LogP contribution in [-0.2, 0) is 13.0 Å². The van der Waals surface area contributed by atoms with Crippen LogP contribution in [0, 0.1) is 5.82 Å². The van der Waals surface area contributed by atoms with Gasteiger partial charge < -0.3 is 14.8 Å². The molecule has 0 bridgehead atoms. The molecular formula is C25H27FN2O3S. The maximum atomic E-state index is 13.8. The molecule has 2 atom stereocenters. The van der Waals surface area contributed by atoms with Crippen LogP contribution in [0.2, 0.25) is 0 Å². The van der Waals surface area contributed by atoms with Crippen molar-refractivity contribution in [2.24, 2.45) is 0 Å². The molecule has 0 aliphatic carbocycles. The molecule has 0 saturated carbocycles. The SMILES string of the molecule is COc1cc2c(cc1OC)C(C(C)NC(=O)c1cccs1)N(Cc1cccc(F)c1)CC2. The van der Waals surface area contributed by atoms with Gasteiger partial charge in [-0.3, -0.25) is 9.69 Å². The minimum absolute atomic E-state index is 0.0918. The number of carbonyl (C=O) groups is 1. The van der Waals surface area contributed by atoms with Crippen molar-refractivity contribution in [1.82, 2.24) is 10.2 Å². The smallest absolute Gasteiger partial charge is 0.261 e. The number of hydrogen-bond donors (Lipinski definition) is 1. The molecule has 1 aliphatic rings. The topological polar surface area (TPSA) is 50.8 Å². The number of hydrogen-bond acceptors (Lipinski definition) is 5. The van der Waals surface area contributed by atoms with Crippen molar-refractivity contribution < 1.29 is 18.7 Å². The number of carbonyl (C=O) groups excluding carboxylic acids is 1. The van der Waals surface area contributed by atoms with E-state index in [0.29, 0.717) is 22.9 Å². The highest BCUT2D eigenvalue weighted by Gasteiger charge is 2.34. The number of rotatable bonds is 7. The van der Waals surface area contributed by atoms with Crippen LogP contribution in [0.5, 0.6) is 11.5 Å². The summed E-state index contributed by atoms with van der Waals surface area (Å²) in [5.41, 5.74) is 3.15. The fourth-order valence-corrected chi connectivity index (χ4v) is 5.05. The predicted octanol–water partition coefficient (Wildman–Crippen LogP) is 4.82. The van der Waals surface area contributed by atoms with E-state index < -0.39 is 0 Å². The molecule has 1 N–H and O–H groups in total. The highest BCUT2D eigenvalue weighted by atomic mass is 32.1. The Morgan fingerprint density at radius 1 is 1.19 bits per heavy atom. The standard InChI is InChI=1S/C25H27FN2O3S/c1-16(27-25(29)23-8-5-11-32-23)24-20-14-22(31-3)21(30-2)13-18(20)9-10-28(24)15-17-6-4-7-19(26)12-17/h4-8,11-14,16,24H,9-10,15H2,1-3H3,(H,27,29). The molecule has 0 saturated heterocycles. The van der Waals surface area contributed by atoms with Crippen LogP contribution < -0.4 is 14.8 Å². The van der Waals surface area contributed by atoms with Gasteiger partial charge in [0, 0.05) is 19.1 Å². The normalized spacial score (nSPS) is 16.8. The molecule has 0 spiro atoms. The Bertz CT molecular complexity index is 1090. The van der Waals surface area contributed by atoms with Gasteiger partial charge in [-0.25, -0.2) is 4.39 Å². The molecule has 168 valence electrons. The minimum Gasteiger partial charge on any atom is -0.493 e. The summed E-state index contributed by atoms with van der Waals surface area (Å²) in [5.74, 6) is 1.01. The molecule has 4 rings (SSSR count). The molecule has 3 aromatic rings. The molecule has 32 heavy (non-hydrogen) atoms. The molecule has 2 aromatic carbocycles. The Hall–Kier alpha value is -2.90. The van der Waals surface area contributed by atoms with Gasteiger partial charge in [0.05, 0.1) is 25.1 Å². The first-order chi connectivity index (χ1) is 15.5. The Morgan fingerprint density at radius 2 is 1.97 bits per heavy atom. The molecule has 1 aliphatic heterocycles. The number of amides is 1. The Morgan fingerprint density at radius 3 is 2.66 bits per heavy atom. The molecule has 5 nitrogen and oxygen atoms in total. The van der Waals surface area contributed by atoms with Gasteiger partial charge in [-0.15, -0.1) is 11.3 Å². The number of fused-ring (bicyclic) bond motifs is 1. The molecule has 0 radical (unpaired) electrons. The fraction of sp³-hybridized carbons (Fsp3) is 0.320. The number of nitrogens with one attached hydrogen (secondary N) is 1. The second-order valence-corrected chi connectivity index (χ2v) is 8.89. The average Bonchev–Trinajstić information content (AvgIpc) is 3.33. The quantitative estimate of drug-likeness (QED) is 0.556. The zero-order chi connectivity index (χ0) is 22.7. The first-order valence-corrected chi connectivity index (χ1v) is 11.5. The molecule has 2 heterocycles. The third-order valence-corrected chi connectivity index (χ3v) is 6.75. The van der Waals surface area contributed by atoms with Crippen LogP contribution in [0.15, 0.2) is 53.9 Å². The van der Waals surface area contributed by atoms with Gasteiger partial charge in [0.15, 0.2) is 11.5 Å². The minimum atomic E-state index is -0.248. The second kappa shape index (κ2) is 9.71. The van der Waals surface area contributed by atoms with Gasteiger partial charge >= 0.3 is 0 Å². The van der Waals surface area contributed by atoms with Crippen LogP contribution in [0.3, 0.4) is 0 Å². The van der Waals surface area contributed by atoms with E-state index in [9.17, 15) is 9.18 Å². The van der Waals surface area contributed by atoms with E-state index in [1.165, 1.54) is 23.0 Å². The van der Waals surface area contributed by atoms with Crippen molar-refractivity contribution in [3.05, 3.63) is 81.3 Å². The van der Waals surface area contributed by atoms with Crippen LogP contribution in [0.25, 0.3) is 0 Å². The first kappa shape index (κ1) is 22.3. The zero-order valence-corrected chi connectivity index (χ0v) is 19.2. The number of thiophene rings is 1. The van der Waals surface area contributed by atoms with Gasteiger partial charge in [0.2, 0.25) is 0 Å². The number of nitrogens with zero attached hydrogens (tertiary/aromatic N) is 1. The molecule has 0 fully saturated rings. The molecule has 1 aromatic heterocycles. The predicted molar refractivity (Wildman–Crippen MR) is 124 cm³/mol. The lowest BCUT2D eigenvalue weighted by Gasteiger charge is -2.41. The fourth-order valence-electron chi connectivity index (χ4n) is 4.43. The summed E-state index contributed by atoms with van der Waals surface area (Å²) in [6.45, 7) is 3.37. The summed E-state index contributed by atoms with van der Waals surface area (Å²) in [4.78, 5) is 15.8. The van der Waals surface area contributed by atoms with Gasteiger partial charge in [-0.2, -0.15) is 0 Å². The summed E-state index contributed by atoms with van der Waals surface area (Å²) >= 11 is 1.42. The lowest BCUT2D eigenvalue weighted by molar-refractivity contribution is 0.0881. The van der Waals surface area contributed by atoms with Crippen LogP contribution >= 0.6 is 11.3 Å². The van der Waals surface area contributed by atoms with Crippen molar-refractivity contribution in [2.75, 3.05) is 20.8 Å². The summed E-state index contributed by atoms with van der Waals surface area (Å²) < 4.78 is 24.9. The summed E-state index contributed by atoms with van der Waals surface area (Å²) in [7, 11) is 3.25. The van der Waals surface area contributed by atoms with E-state index in [2.05, 4.69) is 10.2 Å². The lowest BCUT2D eigenvalue weighted by atomic mass is 9.87. The van der Waals surface area contributed by atoms with Crippen LogP contribution in [0.1, 0.15) is 39.3 Å². The number of halogens is 1. The monoisotopic (exact) mass is 454 g/mol. The first-order valence-electron chi connectivity index (χ1n) is 10.6. The molecule has 1 amide bonds. The number of methoxy groups -OCH3 is 2. The van der Waals surface area contributed by atoms with E-state index in [1.807, 2.05) is 42.6 Å². The van der Waals surface area contributed by atoms with Crippen molar-refractivity contribution in [2.45, 2.75) is 32.0 Å². The summed E-state index contributed by atoms with van der Waals surface area (Å²) in [6.07, 6.45) is 0.826. The molecular weight excluding hydrogens is 427 g/mol. The third kappa shape index (κ3) is 4.64. The van der Waals surface area contributed by atoms with Gasteiger partial charge in [-0.05, 0) is 65.7 Å². The largest absolute Gasteiger partial charge is 0.493 e. The maximum Gasteiger partial charge on any atom is 0.261 e. The number of benzene rings is 2. The van der Waals surface area contributed by atoms with Gasteiger partial charge in [0.1, 0.15) is 5.82 Å². The van der Waals surface area contributed by atoms with E-state index >= 15 is 0 Å². The average molecular weight is 455 g/mol. The second-order valence-electron chi connectivity index (χ2n) is 7.94. The molecule has 2 unspecified atom stereocenters. The van der Waals surface area contributed by atoms with Crippen molar-refractivity contribution in [1.29, 1.82) is 0 Å². The third-order valence-electron chi connectivity index (χ3n) is 5.88. The van der Waals surface area contributed by atoms with E-state index in [4.69, 9.17) is 9.47 Å². The van der Waals surface area contributed by atoms with Crippen molar-refractivity contribution in [3.8, 4) is 11.5 Å². The Labute approximate surface area is 191 Å². The maximum absolute atomic E-state index is 13.8. The van der Waals surface area contributed by atoms with E-state index in [0.717, 1.165) is 24.1 Å². The van der Waals surface area contributed by atoms with Gasteiger partial charge in [0.25, 0.3) is 5.91 Å². The number of ether oxygens (including phenoxy) is 2. The highest BCUT2D eigenvalue weighted by molar-refractivity contribution is 7.12.